The fourth-order valence-corrected chi connectivity index (χ4v) is 7.55. The number of aromatic nitrogens is 2. The Hall–Kier alpha value is -4.47. The van der Waals surface area contributed by atoms with Gasteiger partial charge in [-0.3, -0.25) is 0 Å². The number of benzene rings is 3. The Morgan fingerprint density at radius 2 is 1.58 bits per heavy atom. The number of fused-ring (bicyclic) bond motifs is 1. The molecule has 5 nitrogen and oxygen atoms in total. The quantitative estimate of drug-likeness (QED) is 0.130. The molecule has 6 aromatic rings. The number of nitriles is 1. The van der Waals surface area contributed by atoms with E-state index in [0.29, 0.717) is 0 Å². The molecule has 38 heavy (non-hydrogen) atoms. The first-order valence-electron chi connectivity index (χ1n) is 11.8. The summed E-state index contributed by atoms with van der Waals surface area (Å²) in [4.78, 5) is 18.4. The molecule has 3 heterocycles. The van der Waals surface area contributed by atoms with Crippen molar-refractivity contribution in [2.45, 2.75) is 0 Å². The molecule has 0 aliphatic rings. The van der Waals surface area contributed by atoms with E-state index in [-0.39, 0.29) is 20.1 Å². The number of carbonyl (C=O) groups is 1. The fourth-order valence-electron chi connectivity index (χ4n) is 4.31. The van der Waals surface area contributed by atoms with Crippen molar-refractivity contribution >= 4 is 48.9 Å². The van der Waals surface area contributed by atoms with Crippen LogP contribution in [0.25, 0.3) is 53.9 Å². The second-order valence-electron chi connectivity index (χ2n) is 8.51. The molecule has 0 bridgehead atoms. The van der Waals surface area contributed by atoms with Gasteiger partial charge in [0, 0.05) is 0 Å². The van der Waals surface area contributed by atoms with Crippen molar-refractivity contribution in [3.8, 4) is 42.9 Å². The van der Waals surface area contributed by atoms with Crippen molar-refractivity contribution < 1.29 is 9.90 Å². The molecular formula is C31H19N3O2SSe. The monoisotopic (exact) mass is 577 g/mol. The molecule has 0 unspecified atom stereocenters. The van der Waals surface area contributed by atoms with Gasteiger partial charge in [-0.1, -0.05) is 30.3 Å². The first kappa shape index (κ1) is 23.9. The van der Waals surface area contributed by atoms with Crippen LogP contribution < -0.4 is 0 Å². The van der Waals surface area contributed by atoms with E-state index in [2.05, 4.69) is 59.2 Å². The van der Waals surface area contributed by atoms with Gasteiger partial charge in [-0.15, -0.1) is 0 Å². The molecule has 0 aliphatic carbocycles. The van der Waals surface area contributed by atoms with Crippen LogP contribution in [0.5, 0.6) is 0 Å². The normalized spacial score (nSPS) is 11.5. The maximum atomic E-state index is 11.1. The molecule has 0 spiro atoms. The van der Waals surface area contributed by atoms with Gasteiger partial charge in [-0.25, -0.2) is 0 Å². The van der Waals surface area contributed by atoms with Crippen LogP contribution >= 0.6 is 11.3 Å². The van der Waals surface area contributed by atoms with Crippen molar-refractivity contribution in [1.82, 2.24) is 9.55 Å². The molecule has 3 aromatic carbocycles. The van der Waals surface area contributed by atoms with Crippen LogP contribution in [-0.4, -0.2) is 35.1 Å². The van der Waals surface area contributed by atoms with Crippen LogP contribution in [0.4, 0.5) is 0 Å². The second-order valence-corrected chi connectivity index (χ2v) is 11.9. The minimum absolute atomic E-state index is 0.0416. The third kappa shape index (κ3) is 4.53. The van der Waals surface area contributed by atoms with Gasteiger partial charge in [0.1, 0.15) is 0 Å². The average Bonchev–Trinajstić information content (AvgIpc) is 3.70. The number of carboxylic acid groups (broad SMARTS) is 1. The zero-order valence-corrected chi connectivity index (χ0v) is 22.4. The molecule has 0 radical (unpaired) electrons. The number of imidazole rings is 1. The van der Waals surface area contributed by atoms with Gasteiger partial charge in [0.15, 0.2) is 0 Å². The third-order valence-corrected chi connectivity index (χ3v) is 9.81. The van der Waals surface area contributed by atoms with Crippen LogP contribution in [0.2, 0.25) is 0 Å². The van der Waals surface area contributed by atoms with Crippen LogP contribution in [0.3, 0.4) is 0 Å². The van der Waals surface area contributed by atoms with Crippen LogP contribution in [0.1, 0.15) is 4.44 Å². The molecule has 0 saturated heterocycles. The number of para-hydroxylation sites is 3. The summed E-state index contributed by atoms with van der Waals surface area (Å²) >= 11 is 1.67. The Kier molecular flexibility index (Phi) is 6.36. The molecule has 182 valence electrons. The number of nitrogens with zero attached hydrogens (tertiary/aromatic N) is 3. The van der Waals surface area contributed by atoms with E-state index in [9.17, 15) is 4.79 Å². The minimum atomic E-state index is -1.20. The molecule has 3 aromatic heterocycles. The van der Waals surface area contributed by atoms with Gasteiger partial charge < -0.3 is 0 Å². The summed E-state index contributed by atoms with van der Waals surface area (Å²) in [6.45, 7) is 0. The fraction of sp³-hybridized carbons (Fsp3) is 0. The van der Waals surface area contributed by atoms with Gasteiger partial charge in [-0.05, 0) is 0 Å². The van der Waals surface area contributed by atoms with Crippen molar-refractivity contribution in [3.05, 3.63) is 113 Å². The zero-order chi connectivity index (χ0) is 26.1. The summed E-state index contributed by atoms with van der Waals surface area (Å²) in [5, 5.41) is 18.1. The molecule has 6 rings (SSSR count). The Labute approximate surface area is 228 Å². The molecule has 0 fully saturated rings. The number of hydrogen-bond donors (Lipinski definition) is 1. The number of rotatable bonds is 6. The predicted octanol–water partition coefficient (Wildman–Crippen LogP) is 7.14. The van der Waals surface area contributed by atoms with Gasteiger partial charge in [-0.2, -0.15) is 0 Å². The van der Waals surface area contributed by atoms with Crippen molar-refractivity contribution in [2.75, 3.05) is 0 Å². The van der Waals surface area contributed by atoms with Crippen LogP contribution in [0, 0.1) is 11.3 Å². The summed E-state index contributed by atoms with van der Waals surface area (Å²) < 4.78 is 4.26. The van der Waals surface area contributed by atoms with Crippen molar-refractivity contribution in [2.24, 2.45) is 0 Å². The van der Waals surface area contributed by atoms with E-state index in [1.54, 1.807) is 17.4 Å². The summed E-state index contributed by atoms with van der Waals surface area (Å²) in [6.07, 6.45) is 1.47. The Bertz CT molecular complexity index is 1850. The number of aliphatic carboxylic acids is 1. The van der Waals surface area contributed by atoms with Crippen molar-refractivity contribution in [3.63, 3.8) is 0 Å². The van der Waals surface area contributed by atoms with E-state index in [0.717, 1.165) is 47.9 Å². The van der Waals surface area contributed by atoms with E-state index >= 15 is 0 Å². The zero-order valence-electron chi connectivity index (χ0n) is 19.9. The number of carboxylic acids is 1. The third-order valence-electron chi connectivity index (χ3n) is 6.12. The molecule has 0 aliphatic heterocycles. The van der Waals surface area contributed by atoms with E-state index in [1.807, 2.05) is 48.5 Å². The number of thiophene rings is 1. The first-order valence-corrected chi connectivity index (χ1v) is 14.3. The van der Waals surface area contributed by atoms with Gasteiger partial charge in [0.25, 0.3) is 0 Å². The van der Waals surface area contributed by atoms with Crippen molar-refractivity contribution in [1.29, 1.82) is 5.26 Å². The topological polar surface area (TPSA) is 78.9 Å². The van der Waals surface area contributed by atoms with E-state index < -0.39 is 5.97 Å². The van der Waals surface area contributed by atoms with E-state index in [4.69, 9.17) is 15.4 Å². The Morgan fingerprint density at radius 1 is 0.868 bits per heavy atom. The summed E-state index contributed by atoms with van der Waals surface area (Å²) in [5.41, 5.74) is 5.03. The van der Waals surface area contributed by atoms with Gasteiger partial charge in [0.05, 0.1) is 0 Å². The molecule has 0 saturated carbocycles. The molecule has 1 N–H and O–H groups in total. The first-order chi connectivity index (χ1) is 18.6. The van der Waals surface area contributed by atoms with Gasteiger partial charge >= 0.3 is 199 Å². The molecule has 0 amide bonds. The maximum absolute atomic E-state index is 11.1. The summed E-state index contributed by atoms with van der Waals surface area (Å²) in [5.74, 6) is -0.293. The summed E-state index contributed by atoms with van der Waals surface area (Å²) in [6, 6.07) is 36.9. The standard InChI is InChI=1S/C31H19N3O2SSe/c32-19-22(31(35)36)18-24-14-17-29(38-24)28-16-15-27(37-28)20-10-12-21(13-11-20)30-33-25-8-4-5-9-26(25)34(30)23-6-2-1-3-7-23/h1-18H,(H,35,36)/b22-18-. The van der Waals surface area contributed by atoms with Crippen LogP contribution in [0.15, 0.2) is 109 Å². The van der Waals surface area contributed by atoms with Crippen LogP contribution in [-0.2, 0) is 4.79 Å². The molecular weight excluding hydrogens is 557 g/mol. The van der Waals surface area contributed by atoms with Gasteiger partial charge in [0.2, 0.25) is 0 Å². The molecule has 0 atom stereocenters. The number of hydrogen-bond acceptors (Lipinski definition) is 4. The Morgan fingerprint density at radius 3 is 2.34 bits per heavy atom. The second kappa shape index (κ2) is 10.1. The average molecular weight is 577 g/mol. The predicted molar refractivity (Wildman–Crippen MR) is 153 cm³/mol. The van der Waals surface area contributed by atoms with E-state index in [1.165, 1.54) is 10.5 Å². The summed E-state index contributed by atoms with van der Waals surface area (Å²) in [7, 11) is 0. The SMILES string of the molecule is N#C/C(=C/c1ccc(-c2ccc(-c3ccc(-c4nc5ccccc5n4-c4ccccc4)cc3)s2)[se]1)C(=O)O. The Balaban J connectivity index is 1.31. The molecule has 7 heteroatoms.